The molecule has 0 amide bonds. The second-order valence-corrected chi connectivity index (χ2v) is 5.13. The van der Waals surface area contributed by atoms with E-state index in [2.05, 4.69) is 21.9 Å². The van der Waals surface area contributed by atoms with Crippen molar-refractivity contribution in [3.8, 4) is 0 Å². The van der Waals surface area contributed by atoms with Crippen molar-refractivity contribution in [2.75, 3.05) is 25.2 Å². The molecule has 5 heteroatoms. The summed E-state index contributed by atoms with van der Waals surface area (Å²) in [5.74, 6) is 0.905. The summed E-state index contributed by atoms with van der Waals surface area (Å²) in [5, 5.41) is 1.34. The van der Waals surface area contributed by atoms with E-state index in [-0.39, 0.29) is 0 Å². The zero-order valence-electron chi connectivity index (χ0n) is 10.8. The Balaban J connectivity index is 2.03. The molecule has 1 aliphatic rings. The average Bonchev–Trinajstić information content (AvgIpc) is 2.46. The van der Waals surface area contributed by atoms with Crippen LogP contribution in [0.4, 0.5) is 5.82 Å². The minimum absolute atomic E-state index is 0.299. The molecule has 0 unspecified atom stereocenters. The van der Waals surface area contributed by atoms with E-state index in [1.165, 1.54) is 0 Å². The van der Waals surface area contributed by atoms with Gasteiger partial charge in [0.25, 0.3) is 0 Å². The summed E-state index contributed by atoms with van der Waals surface area (Å²) in [5.41, 5.74) is 0.886. The fourth-order valence-electron chi connectivity index (χ4n) is 2.55. The highest BCUT2D eigenvalue weighted by Crippen LogP contribution is 2.27. The topological polar surface area (TPSA) is 38.2 Å². The normalized spacial score (nSPS) is 16.7. The Kier molecular flexibility index (Phi) is 3.53. The number of hydrogen-bond donors (Lipinski definition) is 0. The van der Waals surface area contributed by atoms with Gasteiger partial charge < -0.3 is 9.64 Å². The molecule has 1 aromatic heterocycles. The van der Waals surface area contributed by atoms with Crippen LogP contribution in [0.15, 0.2) is 24.3 Å². The van der Waals surface area contributed by atoms with E-state index in [1.54, 1.807) is 0 Å². The summed E-state index contributed by atoms with van der Waals surface area (Å²) in [7, 11) is 2.07. The van der Waals surface area contributed by atoms with Crippen LogP contribution < -0.4 is 4.90 Å². The lowest BCUT2D eigenvalue weighted by molar-refractivity contribution is 0.0854. The molecule has 1 fully saturated rings. The number of halogens is 1. The SMILES string of the molecule is CN(c1nc(Cl)nc2ccccc12)C1CCOCC1. The lowest BCUT2D eigenvalue weighted by atomic mass is 10.1. The van der Waals surface area contributed by atoms with Crippen LogP contribution >= 0.6 is 11.6 Å². The molecule has 1 saturated heterocycles. The number of anilines is 1. The molecular weight excluding hydrogens is 262 g/mol. The van der Waals surface area contributed by atoms with Gasteiger partial charge in [-0.1, -0.05) is 12.1 Å². The molecule has 4 nitrogen and oxygen atoms in total. The zero-order chi connectivity index (χ0) is 13.2. The van der Waals surface area contributed by atoms with Crippen molar-refractivity contribution in [1.82, 2.24) is 9.97 Å². The summed E-state index contributed by atoms with van der Waals surface area (Å²) in [4.78, 5) is 10.9. The van der Waals surface area contributed by atoms with Gasteiger partial charge in [-0.05, 0) is 36.6 Å². The summed E-state index contributed by atoms with van der Waals surface area (Å²) in [6.45, 7) is 1.62. The number of aromatic nitrogens is 2. The van der Waals surface area contributed by atoms with E-state index in [0.29, 0.717) is 11.3 Å². The molecule has 0 saturated carbocycles. The fraction of sp³-hybridized carbons (Fsp3) is 0.429. The van der Waals surface area contributed by atoms with Gasteiger partial charge in [0, 0.05) is 31.7 Å². The van der Waals surface area contributed by atoms with Gasteiger partial charge in [-0.25, -0.2) is 4.98 Å². The minimum Gasteiger partial charge on any atom is -0.381 e. The maximum Gasteiger partial charge on any atom is 0.224 e. The van der Waals surface area contributed by atoms with Crippen LogP contribution in [0.3, 0.4) is 0 Å². The molecule has 3 rings (SSSR count). The van der Waals surface area contributed by atoms with E-state index in [9.17, 15) is 0 Å². The molecule has 1 aliphatic heterocycles. The van der Waals surface area contributed by atoms with E-state index in [4.69, 9.17) is 16.3 Å². The van der Waals surface area contributed by atoms with Crippen LogP contribution in [-0.4, -0.2) is 36.3 Å². The smallest absolute Gasteiger partial charge is 0.224 e. The third-order valence-electron chi connectivity index (χ3n) is 3.63. The molecule has 0 N–H and O–H groups in total. The Morgan fingerprint density at radius 1 is 1.21 bits per heavy atom. The quantitative estimate of drug-likeness (QED) is 0.791. The summed E-state index contributed by atoms with van der Waals surface area (Å²) in [6.07, 6.45) is 2.04. The van der Waals surface area contributed by atoms with Gasteiger partial charge in [0.15, 0.2) is 0 Å². The first-order chi connectivity index (χ1) is 9.25. The van der Waals surface area contributed by atoms with Crippen molar-refractivity contribution in [1.29, 1.82) is 0 Å². The fourth-order valence-corrected chi connectivity index (χ4v) is 2.72. The lowest BCUT2D eigenvalue weighted by Gasteiger charge is -2.32. The summed E-state index contributed by atoms with van der Waals surface area (Å²) < 4.78 is 5.41. The van der Waals surface area contributed by atoms with Gasteiger partial charge in [-0.15, -0.1) is 0 Å². The van der Waals surface area contributed by atoms with E-state index in [0.717, 1.165) is 42.8 Å². The highest BCUT2D eigenvalue weighted by Gasteiger charge is 2.21. The van der Waals surface area contributed by atoms with Crippen molar-refractivity contribution in [3.05, 3.63) is 29.5 Å². The van der Waals surface area contributed by atoms with Gasteiger partial charge >= 0.3 is 0 Å². The molecule has 2 aromatic rings. The Hall–Kier alpha value is -1.39. The lowest BCUT2D eigenvalue weighted by Crippen LogP contribution is -2.37. The average molecular weight is 278 g/mol. The second-order valence-electron chi connectivity index (χ2n) is 4.79. The van der Waals surface area contributed by atoms with Crippen LogP contribution in [0.2, 0.25) is 5.28 Å². The van der Waals surface area contributed by atoms with Gasteiger partial charge in [0.05, 0.1) is 5.52 Å². The maximum atomic E-state index is 6.03. The number of nitrogens with zero attached hydrogens (tertiary/aromatic N) is 3. The van der Waals surface area contributed by atoms with E-state index >= 15 is 0 Å². The molecule has 1 aromatic carbocycles. The van der Waals surface area contributed by atoms with Crippen molar-refractivity contribution >= 4 is 28.3 Å². The maximum absolute atomic E-state index is 6.03. The Bertz CT molecular complexity index is 584. The Morgan fingerprint density at radius 3 is 2.74 bits per heavy atom. The highest BCUT2D eigenvalue weighted by atomic mass is 35.5. The van der Waals surface area contributed by atoms with Gasteiger partial charge in [0.1, 0.15) is 5.82 Å². The van der Waals surface area contributed by atoms with Gasteiger partial charge in [-0.3, -0.25) is 0 Å². The van der Waals surface area contributed by atoms with Gasteiger partial charge in [0.2, 0.25) is 5.28 Å². The number of benzene rings is 1. The molecule has 0 bridgehead atoms. The molecule has 100 valence electrons. The largest absolute Gasteiger partial charge is 0.381 e. The van der Waals surface area contributed by atoms with Crippen LogP contribution in [0.5, 0.6) is 0 Å². The molecule has 0 aliphatic carbocycles. The first kappa shape index (κ1) is 12.6. The second kappa shape index (κ2) is 5.31. The van der Waals surface area contributed by atoms with Crippen molar-refractivity contribution in [2.24, 2.45) is 0 Å². The number of ether oxygens (including phenoxy) is 1. The standard InChI is InChI=1S/C14H16ClN3O/c1-18(10-6-8-19-9-7-10)13-11-4-2-3-5-12(11)16-14(15)17-13/h2-5,10H,6-9H2,1H3. The number of fused-ring (bicyclic) bond motifs is 1. The van der Waals surface area contributed by atoms with Crippen LogP contribution in [0, 0.1) is 0 Å². The van der Waals surface area contributed by atoms with Crippen molar-refractivity contribution in [3.63, 3.8) is 0 Å². The summed E-state index contributed by atoms with van der Waals surface area (Å²) >= 11 is 6.03. The van der Waals surface area contributed by atoms with Crippen molar-refractivity contribution in [2.45, 2.75) is 18.9 Å². The monoisotopic (exact) mass is 277 g/mol. The number of para-hydroxylation sites is 1. The van der Waals surface area contributed by atoms with E-state index in [1.807, 2.05) is 24.3 Å². The third-order valence-corrected chi connectivity index (χ3v) is 3.80. The minimum atomic E-state index is 0.299. The van der Waals surface area contributed by atoms with Crippen LogP contribution in [-0.2, 0) is 4.74 Å². The Labute approximate surface area is 117 Å². The zero-order valence-corrected chi connectivity index (χ0v) is 11.6. The molecule has 19 heavy (non-hydrogen) atoms. The van der Waals surface area contributed by atoms with E-state index < -0.39 is 0 Å². The Morgan fingerprint density at radius 2 is 1.95 bits per heavy atom. The molecule has 2 heterocycles. The molecule has 0 spiro atoms. The summed E-state index contributed by atoms with van der Waals surface area (Å²) in [6, 6.07) is 8.41. The van der Waals surface area contributed by atoms with Crippen LogP contribution in [0.1, 0.15) is 12.8 Å². The predicted molar refractivity (Wildman–Crippen MR) is 76.8 cm³/mol. The molecule has 0 atom stereocenters. The van der Waals surface area contributed by atoms with Crippen LogP contribution in [0.25, 0.3) is 10.9 Å². The van der Waals surface area contributed by atoms with Crippen molar-refractivity contribution < 1.29 is 4.74 Å². The number of rotatable bonds is 2. The predicted octanol–water partition coefficient (Wildman–Crippen LogP) is 2.90. The third kappa shape index (κ3) is 2.51. The molecular formula is C14H16ClN3O. The first-order valence-corrected chi connectivity index (χ1v) is 6.86. The molecule has 0 radical (unpaired) electrons. The first-order valence-electron chi connectivity index (χ1n) is 6.48. The van der Waals surface area contributed by atoms with Gasteiger partial charge in [-0.2, -0.15) is 4.98 Å². The number of hydrogen-bond acceptors (Lipinski definition) is 4. The highest BCUT2D eigenvalue weighted by molar-refractivity contribution is 6.28.